The third-order valence-electron chi connectivity index (χ3n) is 4.27. The summed E-state index contributed by atoms with van der Waals surface area (Å²) in [5.41, 5.74) is 0. The molecule has 1 saturated heterocycles. The molecule has 94 valence electrons. The minimum absolute atomic E-state index is 0.762. The molecule has 0 radical (unpaired) electrons. The molecule has 1 heterocycles. The number of hydrogen-bond acceptors (Lipinski definition) is 3. The van der Waals surface area contributed by atoms with Crippen molar-refractivity contribution in [2.24, 2.45) is 0 Å². The van der Waals surface area contributed by atoms with Crippen LogP contribution in [0.5, 0.6) is 0 Å². The lowest BCUT2D eigenvalue weighted by Crippen LogP contribution is -2.54. The highest BCUT2D eigenvalue weighted by Gasteiger charge is 2.32. The summed E-state index contributed by atoms with van der Waals surface area (Å²) in [5.74, 6) is 0. The van der Waals surface area contributed by atoms with Crippen molar-refractivity contribution in [2.75, 3.05) is 39.3 Å². The van der Waals surface area contributed by atoms with Gasteiger partial charge in [0, 0.05) is 38.3 Å². The van der Waals surface area contributed by atoms with Crippen molar-refractivity contribution in [3.05, 3.63) is 0 Å². The summed E-state index contributed by atoms with van der Waals surface area (Å²) in [6.07, 6.45) is 4.20. The van der Waals surface area contributed by atoms with Crippen LogP contribution in [-0.4, -0.2) is 61.2 Å². The third kappa shape index (κ3) is 2.76. The van der Waals surface area contributed by atoms with Crippen LogP contribution < -0.4 is 5.32 Å². The van der Waals surface area contributed by atoms with Crippen LogP contribution in [-0.2, 0) is 0 Å². The van der Waals surface area contributed by atoms with Crippen molar-refractivity contribution < 1.29 is 0 Å². The molecule has 16 heavy (non-hydrogen) atoms. The van der Waals surface area contributed by atoms with Gasteiger partial charge in [0.15, 0.2) is 0 Å². The van der Waals surface area contributed by atoms with Gasteiger partial charge in [-0.05, 0) is 25.9 Å². The highest BCUT2D eigenvalue weighted by Crippen LogP contribution is 2.25. The van der Waals surface area contributed by atoms with E-state index in [9.17, 15) is 0 Å². The minimum Gasteiger partial charge on any atom is -0.313 e. The molecule has 2 fully saturated rings. The summed E-state index contributed by atoms with van der Waals surface area (Å²) in [4.78, 5) is 5.29. The molecular weight excluding hydrogens is 198 g/mol. The van der Waals surface area contributed by atoms with Crippen LogP contribution in [0.2, 0.25) is 0 Å². The van der Waals surface area contributed by atoms with Crippen molar-refractivity contribution in [3.63, 3.8) is 0 Å². The van der Waals surface area contributed by atoms with E-state index in [4.69, 9.17) is 0 Å². The molecule has 1 aliphatic carbocycles. The Kier molecular flexibility index (Phi) is 4.62. The first-order valence-electron chi connectivity index (χ1n) is 7.05. The maximum absolute atomic E-state index is 3.66. The Morgan fingerprint density at radius 3 is 2.44 bits per heavy atom. The van der Waals surface area contributed by atoms with Gasteiger partial charge in [-0.1, -0.05) is 20.3 Å². The molecule has 1 aliphatic heterocycles. The molecule has 3 heteroatoms. The Bertz CT molecular complexity index is 199. The van der Waals surface area contributed by atoms with Gasteiger partial charge in [0.1, 0.15) is 0 Å². The van der Waals surface area contributed by atoms with Gasteiger partial charge in [-0.2, -0.15) is 0 Å². The molecule has 0 aromatic heterocycles. The molecule has 0 spiro atoms. The largest absolute Gasteiger partial charge is 0.313 e. The minimum atomic E-state index is 0.762. The zero-order valence-corrected chi connectivity index (χ0v) is 10.9. The first-order valence-corrected chi connectivity index (χ1v) is 7.05. The second-order valence-electron chi connectivity index (χ2n) is 5.13. The Morgan fingerprint density at radius 2 is 1.81 bits per heavy atom. The van der Waals surface area contributed by atoms with Crippen molar-refractivity contribution in [3.8, 4) is 0 Å². The molecule has 2 rings (SSSR count). The van der Waals surface area contributed by atoms with Crippen LogP contribution in [0.3, 0.4) is 0 Å². The van der Waals surface area contributed by atoms with Crippen molar-refractivity contribution >= 4 is 0 Å². The average Bonchev–Trinajstić information content (AvgIpc) is 2.78. The van der Waals surface area contributed by atoms with Gasteiger partial charge in [-0.25, -0.2) is 0 Å². The molecule has 1 saturated carbocycles. The number of nitrogens with one attached hydrogen (secondary N) is 1. The molecule has 2 unspecified atom stereocenters. The van der Waals surface area contributed by atoms with Crippen LogP contribution in [0.15, 0.2) is 0 Å². The van der Waals surface area contributed by atoms with Gasteiger partial charge in [0.25, 0.3) is 0 Å². The number of piperazine rings is 1. The molecule has 0 bridgehead atoms. The fourth-order valence-electron chi connectivity index (χ4n) is 3.29. The molecule has 2 aliphatic rings. The average molecular weight is 225 g/mol. The molecule has 0 aromatic carbocycles. The van der Waals surface area contributed by atoms with Crippen molar-refractivity contribution in [2.45, 2.75) is 45.2 Å². The highest BCUT2D eigenvalue weighted by molar-refractivity contribution is 4.91. The lowest BCUT2D eigenvalue weighted by molar-refractivity contribution is 0.0899. The normalized spacial score (nSPS) is 33.4. The smallest absolute Gasteiger partial charge is 0.0250 e. The molecular formula is C13H27N3. The van der Waals surface area contributed by atoms with Crippen LogP contribution in [0, 0.1) is 0 Å². The fraction of sp³-hybridized carbons (Fsp3) is 1.00. The first-order chi connectivity index (χ1) is 7.85. The van der Waals surface area contributed by atoms with Gasteiger partial charge in [-0.3, -0.25) is 4.90 Å². The zero-order valence-electron chi connectivity index (χ0n) is 10.9. The van der Waals surface area contributed by atoms with E-state index in [1.54, 1.807) is 0 Å². The summed E-state index contributed by atoms with van der Waals surface area (Å²) < 4.78 is 0. The first kappa shape index (κ1) is 12.3. The molecule has 0 amide bonds. The van der Waals surface area contributed by atoms with E-state index in [0.29, 0.717) is 0 Å². The van der Waals surface area contributed by atoms with E-state index in [1.807, 2.05) is 0 Å². The van der Waals surface area contributed by atoms with Gasteiger partial charge < -0.3 is 10.2 Å². The van der Waals surface area contributed by atoms with Crippen LogP contribution in [0.25, 0.3) is 0 Å². The Labute approximate surface area is 100 Å². The SMILES string of the molecule is CCNC1CCCC1N1CCN(CC)CC1. The molecule has 1 N–H and O–H groups in total. The summed E-state index contributed by atoms with van der Waals surface area (Å²) in [5, 5.41) is 3.66. The van der Waals surface area contributed by atoms with E-state index in [-0.39, 0.29) is 0 Å². The Morgan fingerprint density at radius 1 is 1.06 bits per heavy atom. The third-order valence-corrected chi connectivity index (χ3v) is 4.27. The number of hydrogen-bond donors (Lipinski definition) is 1. The second kappa shape index (κ2) is 5.99. The van der Waals surface area contributed by atoms with Crippen molar-refractivity contribution in [1.82, 2.24) is 15.1 Å². The van der Waals surface area contributed by atoms with Crippen LogP contribution in [0.4, 0.5) is 0 Å². The monoisotopic (exact) mass is 225 g/mol. The molecule has 2 atom stereocenters. The predicted molar refractivity (Wildman–Crippen MR) is 68.8 cm³/mol. The highest BCUT2D eigenvalue weighted by atomic mass is 15.3. The summed E-state index contributed by atoms with van der Waals surface area (Å²) >= 11 is 0. The van der Waals surface area contributed by atoms with E-state index in [1.165, 1.54) is 52.0 Å². The van der Waals surface area contributed by atoms with E-state index in [2.05, 4.69) is 29.0 Å². The summed E-state index contributed by atoms with van der Waals surface area (Å²) in [7, 11) is 0. The van der Waals surface area contributed by atoms with Crippen molar-refractivity contribution in [1.29, 1.82) is 0 Å². The van der Waals surface area contributed by atoms with Gasteiger partial charge in [-0.15, -0.1) is 0 Å². The fourth-order valence-corrected chi connectivity index (χ4v) is 3.29. The Balaban J connectivity index is 1.83. The van der Waals surface area contributed by atoms with E-state index < -0.39 is 0 Å². The lowest BCUT2D eigenvalue weighted by atomic mass is 10.1. The maximum Gasteiger partial charge on any atom is 0.0250 e. The predicted octanol–water partition coefficient (Wildman–Crippen LogP) is 1.15. The summed E-state index contributed by atoms with van der Waals surface area (Å²) in [6, 6.07) is 1.58. The van der Waals surface area contributed by atoms with Gasteiger partial charge >= 0.3 is 0 Å². The standard InChI is InChI=1S/C13H27N3/c1-3-14-12-6-5-7-13(12)16-10-8-15(4-2)9-11-16/h12-14H,3-11H2,1-2H3. The maximum atomic E-state index is 3.66. The molecule has 3 nitrogen and oxygen atoms in total. The number of nitrogens with zero attached hydrogens (tertiary/aromatic N) is 2. The Hall–Kier alpha value is -0.120. The lowest BCUT2D eigenvalue weighted by Gasteiger charge is -2.40. The van der Waals surface area contributed by atoms with Gasteiger partial charge in [0.05, 0.1) is 0 Å². The van der Waals surface area contributed by atoms with Crippen LogP contribution >= 0.6 is 0 Å². The topological polar surface area (TPSA) is 18.5 Å². The second-order valence-corrected chi connectivity index (χ2v) is 5.13. The number of rotatable bonds is 4. The molecule has 0 aromatic rings. The van der Waals surface area contributed by atoms with Crippen LogP contribution in [0.1, 0.15) is 33.1 Å². The van der Waals surface area contributed by atoms with E-state index in [0.717, 1.165) is 18.6 Å². The van der Waals surface area contributed by atoms with E-state index >= 15 is 0 Å². The quantitative estimate of drug-likeness (QED) is 0.774. The van der Waals surface area contributed by atoms with Gasteiger partial charge in [0.2, 0.25) is 0 Å². The number of likely N-dealkylation sites (N-methyl/N-ethyl adjacent to an activating group) is 2. The zero-order chi connectivity index (χ0) is 11.4. The summed E-state index contributed by atoms with van der Waals surface area (Å²) in [6.45, 7) is 11.9.